The summed E-state index contributed by atoms with van der Waals surface area (Å²) in [5, 5.41) is 8.21. The molecule has 0 spiro atoms. The highest BCUT2D eigenvalue weighted by atomic mass is 16.5. The van der Waals surface area contributed by atoms with Gasteiger partial charge in [0.25, 0.3) is 0 Å². The number of ether oxygens (including phenoxy) is 1. The zero-order valence-electron chi connectivity index (χ0n) is 11.3. The Morgan fingerprint density at radius 2 is 2.26 bits per heavy atom. The topological polar surface area (TPSA) is 66.0 Å². The molecule has 6 heteroatoms. The van der Waals surface area contributed by atoms with Gasteiger partial charge in [-0.3, -0.25) is 4.68 Å². The maximum Gasteiger partial charge on any atom is 0.227 e. The first-order valence-electron chi connectivity index (χ1n) is 6.58. The third-order valence-corrected chi connectivity index (χ3v) is 3.81. The lowest BCUT2D eigenvalue weighted by molar-refractivity contribution is -0.0858. The summed E-state index contributed by atoms with van der Waals surface area (Å²) in [6.07, 6.45) is 8.57. The van der Waals surface area contributed by atoms with Gasteiger partial charge in [0, 0.05) is 26.8 Å². The van der Waals surface area contributed by atoms with Crippen LogP contribution in [0.2, 0.25) is 0 Å². The average molecular weight is 262 g/mol. The van der Waals surface area contributed by atoms with E-state index >= 15 is 0 Å². The van der Waals surface area contributed by atoms with Gasteiger partial charge >= 0.3 is 0 Å². The largest absolute Gasteiger partial charge is 0.370 e. The van der Waals surface area contributed by atoms with Crippen molar-refractivity contribution in [3.63, 3.8) is 0 Å². The molecule has 1 fully saturated rings. The van der Waals surface area contributed by atoms with Gasteiger partial charge < -0.3 is 9.26 Å². The van der Waals surface area contributed by atoms with Crippen molar-refractivity contribution in [3.8, 4) is 0 Å². The van der Waals surface area contributed by atoms with E-state index in [0.717, 1.165) is 32.1 Å². The molecule has 1 aliphatic rings. The fraction of sp³-hybridized carbons (Fsp3) is 0.615. The van der Waals surface area contributed by atoms with E-state index in [0.29, 0.717) is 11.7 Å². The summed E-state index contributed by atoms with van der Waals surface area (Å²) in [5.74, 6) is 1.37. The molecule has 0 amide bonds. The molecule has 2 aromatic heterocycles. The van der Waals surface area contributed by atoms with E-state index < -0.39 is 0 Å². The Bertz CT molecular complexity index is 551. The summed E-state index contributed by atoms with van der Waals surface area (Å²) in [7, 11) is 3.62. The minimum absolute atomic E-state index is 0.296. The quantitative estimate of drug-likeness (QED) is 0.819. The summed E-state index contributed by atoms with van der Waals surface area (Å²) >= 11 is 0. The second kappa shape index (κ2) is 4.77. The molecule has 0 aliphatic heterocycles. The molecule has 1 saturated carbocycles. The van der Waals surface area contributed by atoms with E-state index in [4.69, 9.17) is 9.26 Å². The van der Waals surface area contributed by atoms with Crippen molar-refractivity contribution in [2.75, 3.05) is 7.11 Å². The van der Waals surface area contributed by atoms with Gasteiger partial charge in [-0.2, -0.15) is 10.1 Å². The molecule has 19 heavy (non-hydrogen) atoms. The van der Waals surface area contributed by atoms with E-state index in [1.165, 1.54) is 5.56 Å². The molecule has 2 heterocycles. The summed E-state index contributed by atoms with van der Waals surface area (Å²) < 4.78 is 12.6. The van der Waals surface area contributed by atoms with Crippen LogP contribution in [0.15, 0.2) is 16.9 Å². The Hall–Kier alpha value is -1.69. The van der Waals surface area contributed by atoms with Crippen LogP contribution in [0.1, 0.15) is 36.5 Å². The van der Waals surface area contributed by atoms with Gasteiger partial charge in [-0.1, -0.05) is 5.16 Å². The number of aryl methyl sites for hydroxylation is 3. The number of aromatic nitrogens is 4. The SMILES string of the molecule is COC1(c2noc(CCc3cnn(C)c3)n2)CCC1. The molecule has 3 rings (SSSR count). The lowest BCUT2D eigenvalue weighted by Crippen LogP contribution is -2.37. The van der Waals surface area contributed by atoms with Crippen LogP contribution >= 0.6 is 0 Å². The second-order valence-corrected chi connectivity index (χ2v) is 5.09. The summed E-state index contributed by atoms with van der Waals surface area (Å²) in [5.41, 5.74) is 0.878. The molecular formula is C13H18N4O2. The van der Waals surface area contributed by atoms with Crippen molar-refractivity contribution >= 4 is 0 Å². The Kier molecular flexibility index (Phi) is 3.10. The first kappa shape index (κ1) is 12.3. The number of hydrogen-bond donors (Lipinski definition) is 0. The zero-order chi connectivity index (χ0) is 13.3. The third-order valence-electron chi connectivity index (χ3n) is 3.81. The Labute approximate surface area is 111 Å². The number of nitrogens with zero attached hydrogens (tertiary/aromatic N) is 4. The molecule has 0 bridgehead atoms. The van der Waals surface area contributed by atoms with E-state index in [9.17, 15) is 0 Å². The molecule has 6 nitrogen and oxygen atoms in total. The molecule has 2 aromatic rings. The van der Waals surface area contributed by atoms with Gasteiger partial charge in [0.15, 0.2) is 0 Å². The van der Waals surface area contributed by atoms with Crippen LogP contribution in [0.3, 0.4) is 0 Å². The fourth-order valence-corrected chi connectivity index (χ4v) is 2.41. The van der Waals surface area contributed by atoms with E-state index in [1.807, 2.05) is 19.4 Å². The van der Waals surface area contributed by atoms with Crippen molar-refractivity contribution < 1.29 is 9.26 Å². The molecule has 0 unspecified atom stereocenters. The highest BCUT2D eigenvalue weighted by Crippen LogP contribution is 2.42. The molecule has 102 valence electrons. The minimum Gasteiger partial charge on any atom is -0.370 e. The number of hydrogen-bond acceptors (Lipinski definition) is 5. The average Bonchev–Trinajstić information content (AvgIpc) is 2.96. The molecule has 0 radical (unpaired) electrons. The van der Waals surface area contributed by atoms with Gasteiger partial charge in [-0.05, 0) is 31.2 Å². The van der Waals surface area contributed by atoms with Crippen LogP contribution in [-0.2, 0) is 30.2 Å². The van der Waals surface area contributed by atoms with Crippen molar-refractivity contribution in [2.24, 2.45) is 7.05 Å². The summed E-state index contributed by atoms with van der Waals surface area (Å²) in [6.45, 7) is 0. The van der Waals surface area contributed by atoms with E-state index in [2.05, 4.69) is 15.2 Å². The number of rotatable bonds is 5. The summed E-state index contributed by atoms with van der Waals surface area (Å²) in [4.78, 5) is 4.47. The first-order chi connectivity index (χ1) is 9.22. The minimum atomic E-state index is -0.296. The molecule has 0 aromatic carbocycles. The molecule has 0 atom stereocenters. The van der Waals surface area contributed by atoms with Crippen molar-refractivity contribution in [1.29, 1.82) is 0 Å². The third kappa shape index (κ3) is 2.28. The van der Waals surface area contributed by atoms with E-state index in [-0.39, 0.29) is 5.60 Å². The maximum atomic E-state index is 5.54. The maximum absolute atomic E-state index is 5.54. The molecule has 0 saturated heterocycles. The molecular weight excluding hydrogens is 244 g/mol. The molecule has 0 N–H and O–H groups in total. The highest BCUT2D eigenvalue weighted by Gasteiger charge is 2.43. The van der Waals surface area contributed by atoms with Crippen LogP contribution in [-0.4, -0.2) is 27.0 Å². The Morgan fingerprint density at radius 3 is 2.84 bits per heavy atom. The standard InChI is InChI=1S/C13H18N4O2/c1-17-9-10(8-14-17)4-5-11-15-12(16-19-11)13(18-2)6-3-7-13/h8-9H,3-7H2,1-2H3. The zero-order valence-corrected chi connectivity index (χ0v) is 11.3. The summed E-state index contributed by atoms with van der Waals surface area (Å²) in [6, 6.07) is 0. The fourth-order valence-electron chi connectivity index (χ4n) is 2.41. The van der Waals surface area contributed by atoms with Crippen molar-refractivity contribution in [3.05, 3.63) is 29.7 Å². The lowest BCUT2D eigenvalue weighted by atomic mass is 9.79. The van der Waals surface area contributed by atoms with Crippen LogP contribution in [0.25, 0.3) is 0 Å². The monoisotopic (exact) mass is 262 g/mol. The smallest absolute Gasteiger partial charge is 0.227 e. The van der Waals surface area contributed by atoms with Crippen LogP contribution in [0.4, 0.5) is 0 Å². The first-order valence-corrected chi connectivity index (χ1v) is 6.58. The van der Waals surface area contributed by atoms with Gasteiger partial charge in [0.05, 0.1) is 6.20 Å². The van der Waals surface area contributed by atoms with Crippen molar-refractivity contribution in [2.45, 2.75) is 37.7 Å². The van der Waals surface area contributed by atoms with E-state index in [1.54, 1.807) is 11.8 Å². The predicted octanol–water partition coefficient (Wildman–Crippen LogP) is 1.61. The van der Waals surface area contributed by atoms with Gasteiger partial charge in [0.1, 0.15) is 5.60 Å². The van der Waals surface area contributed by atoms with Crippen molar-refractivity contribution in [1.82, 2.24) is 19.9 Å². The predicted molar refractivity (Wildman–Crippen MR) is 67.5 cm³/mol. The normalized spacial score (nSPS) is 17.4. The van der Waals surface area contributed by atoms with Gasteiger partial charge in [-0.15, -0.1) is 0 Å². The van der Waals surface area contributed by atoms with Gasteiger partial charge in [0.2, 0.25) is 11.7 Å². The Balaban J connectivity index is 1.65. The second-order valence-electron chi connectivity index (χ2n) is 5.09. The van der Waals surface area contributed by atoms with Crippen LogP contribution in [0.5, 0.6) is 0 Å². The van der Waals surface area contributed by atoms with Gasteiger partial charge in [-0.25, -0.2) is 0 Å². The lowest BCUT2D eigenvalue weighted by Gasteiger charge is -2.37. The highest BCUT2D eigenvalue weighted by molar-refractivity contribution is 5.08. The van der Waals surface area contributed by atoms with Crippen LogP contribution in [0, 0.1) is 0 Å². The molecule has 1 aliphatic carbocycles. The Morgan fingerprint density at radius 1 is 1.42 bits per heavy atom. The number of methoxy groups -OCH3 is 1. The van der Waals surface area contributed by atoms with Crippen LogP contribution < -0.4 is 0 Å².